The molecule has 0 saturated carbocycles. The normalized spacial score (nSPS) is 15.8. The van der Waals surface area contributed by atoms with Crippen molar-refractivity contribution >= 4 is 22.7 Å². The third kappa shape index (κ3) is 3.04. The molecule has 23 heavy (non-hydrogen) atoms. The number of hydrogen-bond donors (Lipinski definition) is 1. The highest BCUT2D eigenvalue weighted by Gasteiger charge is 2.27. The van der Waals surface area contributed by atoms with Gasteiger partial charge < -0.3 is 10.6 Å². The number of primary amides is 1. The van der Waals surface area contributed by atoms with Crippen LogP contribution in [0.3, 0.4) is 0 Å². The van der Waals surface area contributed by atoms with E-state index in [1.165, 1.54) is 0 Å². The Morgan fingerprint density at radius 1 is 1.17 bits per heavy atom. The third-order valence-corrected chi connectivity index (χ3v) is 4.51. The number of hydrogen-bond acceptors (Lipinski definition) is 3. The van der Waals surface area contributed by atoms with Gasteiger partial charge in [0, 0.05) is 30.1 Å². The molecule has 2 N–H and O–H groups in total. The van der Waals surface area contributed by atoms with Crippen molar-refractivity contribution < 1.29 is 9.59 Å². The molecular formula is C18H21N3O2. The summed E-state index contributed by atoms with van der Waals surface area (Å²) in [5.41, 5.74) is 8.82. The van der Waals surface area contributed by atoms with Crippen LogP contribution in [0.2, 0.25) is 0 Å². The molecule has 0 spiro atoms. The van der Waals surface area contributed by atoms with E-state index in [2.05, 4.69) is 4.98 Å². The van der Waals surface area contributed by atoms with Crippen molar-refractivity contribution in [1.29, 1.82) is 0 Å². The van der Waals surface area contributed by atoms with Crippen LogP contribution in [0.25, 0.3) is 10.9 Å². The van der Waals surface area contributed by atoms with Gasteiger partial charge in [0.2, 0.25) is 5.91 Å². The second-order valence-corrected chi connectivity index (χ2v) is 6.30. The highest BCUT2D eigenvalue weighted by Crippen LogP contribution is 2.24. The number of carbonyl (C=O) groups is 2. The van der Waals surface area contributed by atoms with E-state index in [-0.39, 0.29) is 17.7 Å². The van der Waals surface area contributed by atoms with Crippen LogP contribution in [-0.2, 0) is 4.79 Å². The van der Waals surface area contributed by atoms with E-state index in [1.807, 2.05) is 43.0 Å². The molecule has 0 bridgehead atoms. The number of amides is 2. The van der Waals surface area contributed by atoms with Crippen molar-refractivity contribution in [3.63, 3.8) is 0 Å². The van der Waals surface area contributed by atoms with Gasteiger partial charge in [-0.25, -0.2) is 0 Å². The molecule has 0 aliphatic carbocycles. The molecule has 1 fully saturated rings. The maximum absolute atomic E-state index is 12.9. The van der Waals surface area contributed by atoms with Crippen LogP contribution < -0.4 is 5.73 Å². The van der Waals surface area contributed by atoms with E-state index in [4.69, 9.17) is 5.73 Å². The zero-order chi connectivity index (χ0) is 16.6. The molecule has 1 aromatic heterocycles. The zero-order valence-corrected chi connectivity index (χ0v) is 13.5. The number of aryl methyl sites for hydroxylation is 2. The van der Waals surface area contributed by atoms with E-state index in [9.17, 15) is 9.59 Å². The third-order valence-electron chi connectivity index (χ3n) is 4.51. The number of benzene rings is 1. The van der Waals surface area contributed by atoms with Gasteiger partial charge in [-0.15, -0.1) is 0 Å². The van der Waals surface area contributed by atoms with E-state index in [0.29, 0.717) is 31.5 Å². The number of nitrogens with zero attached hydrogens (tertiary/aromatic N) is 2. The lowest BCUT2D eigenvalue weighted by Crippen LogP contribution is -2.41. The van der Waals surface area contributed by atoms with Crippen LogP contribution in [0.5, 0.6) is 0 Å². The van der Waals surface area contributed by atoms with E-state index < -0.39 is 0 Å². The molecule has 3 rings (SSSR count). The minimum Gasteiger partial charge on any atom is -0.369 e. The van der Waals surface area contributed by atoms with Gasteiger partial charge in [-0.1, -0.05) is 11.6 Å². The first-order valence-electron chi connectivity index (χ1n) is 7.92. The average Bonchev–Trinajstić information content (AvgIpc) is 2.54. The number of aromatic nitrogens is 1. The SMILES string of the molecule is Cc1ccc2nc(C)cc(C(=O)N3CCC(C(N)=O)CC3)c2c1. The van der Waals surface area contributed by atoms with Gasteiger partial charge in [0.05, 0.1) is 11.1 Å². The van der Waals surface area contributed by atoms with Crippen molar-refractivity contribution in [1.82, 2.24) is 9.88 Å². The number of carbonyl (C=O) groups excluding carboxylic acids is 2. The van der Waals surface area contributed by atoms with Gasteiger partial charge in [0.15, 0.2) is 0 Å². The highest BCUT2D eigenvalue weighted by atomic mass is 16.2. The quantitative estimate of drug-likeness (QED) is 0.923. The number of piperidine rings is 1. The van der Waals surface area contributed by atoms with Crippen molar-refractivity contribution in [2.24, 2.45) is 11.7 Å². The Morgan fingerprint density at radius 2 is 1.87 bits per heavy atom. The average molecular weight is 311 g/mol. The molecule has 2 heterocycles. The van der Waals surface area contributed by atoms with E-state index in [1.54, 1.807) is 0 Å². The number of pyridine rings is 1. The van der Waals surface area contributed by atoms with Gasteiger partial charge in [-0.2, -0.15) is 0 Å². The largest absolute Gasteiger partial charge is 0.369 e. The predicted octanol–water partition coefficient (Wildman–Crippen LogP) is 2.19. The fraction of sp³-hybridized carbons (Fsp3) is 0.389. The smallest absolute Gasteiger partial charge is 0.254 e. The molecular weight excluding hydrogens is 290 g/mol. The predicted molar refractivity (Wildman–Crippen MR) is 89.0 cm³/mol. The second kappa shape index (κ2) is 5.99. The summed E-state index contributed by atoms with van der Waals surface area (Å²) in [6.07, 6.45) is 1.28. The second-order valence-electron chi connectivity index (χ2n) is 6.30. The summed E-state index contributed by atoms with van der Waals surface area (Å²) in [5, 5.41) is 0.887. The van der Waals surface area contributed by atoms with Crippen molar-refractivity contribution in [3.05, 3.63) is 41.1 Å². The Bertz CT molecular complexity index is 777. The first kappa shape index (κ1) is 15.5. The van der Waals surface area contributed by atoms with Gasteiger partial charge in [0.25, 0.3) is 5.91 Å². The van der Waals surface area contributed by atoms with Crippen LogP contribution in [0.4, 0.5) is 0 Å². The summed E-state index contributed by atoms with van der Waals surface area (Å²) in [5.74, 6) is -0.371. The Labute approximate surface area is 135 Å². The molecule has 1 aliphatic heterocycles. The minimum absolute atomic E-state index is 0.00835. The van der Waals surface area contributed by atoms with Crippen LogP contribution in [-0.4, -0.2) is 34.8 Å². The zero-order valence-electron chi connectivity index (χ0n) is 13.5. The molecule has 120 valence electrons. The molecule has 2 amide bonds. The van der Waals surface area contributed by atoms with Gasteiger partial charge in [-0.05, 0) is 44.9 Å². The summed E-state index contributed by atoms with van der Waals surface area (Å²) >= 11 is 0. The topological polar surface area (TPSA) is 76.3 Å². The Morgan fingerprint density at radius 3 is 2.52 bits per heavy atom. The first-order valence-corrected chi connectivity index (χ1v) is 7.92. The highest BCUT2D eigenvalue weighted by molar-refractivity contribution is 6.06. The van der Waals surface area contributed by atoms with Gasteiger partial charge in [0.1, 0.15) is 0 Å². The van der Waals surface area contributed by atoms with Crippen LogP contribution in [0.15, 0.2) is 24.3 Å². The standard InChI is InChI=1S/C18H21N3O2/c1-11-3-4-16-14(9-11)15(10-12(2)20-16)18(23)21-7-5-13(6-8-21)17(19)22/h3-4,9-10,13H,5-8H2,1-2H3,(H2,19,22). The molecule has 2 aromatic rings. The molecule has 1 saturated heterocycles. The Balaban J connectivity index is 1.92. The maximum atomic E-state index is 12.9. The van der Waals surface area contributed by atoms with E-state index >= 15 is 0 Å². The molecule has 5 heteroatoms. The molecule has 1 aromatic carbocycles. The van der Waals surface area contributed by atoms with Crippen molar-refractivity contribution in [2.75, 3.05) is 13.1 Å². The summed E-state index contributed by atoms with van der Waals surface area (Å²) in [6.45, 7) is 5.05. The monoisotopic (exact) mass is 311 g/mol. The number of rotatable bonds is 2. The fourth-order valence-electron chi connectivity index (χ4n) is 3.19. The fourth-order valence-corrected chi connectivity index (χ4v) is 3.19. The number of nitrogens with two attached hydrogens (primary N) is 1. The minimum atomic E-state index is -0.266. The van der Waals surface area contributed by atoms with Crippen molar-refractivity contribution in [2.45, 2.75) is 26.7 Å². The summed E-state index contributed by atoms with van der Waals surface area (Å²) < 4.78 is 0. The lowest BCUT2D eigenvalue weighted by molar-refractivity contribution is -0.123. The van der Waals surface area contributed by atoms with Gasteiger partial charge >= 0.3 is 0 Å². The van der Waals surface area contributed by atoms with E-state index in [0.717, 1.165) is 22.2 Å². The molecule has 1 aliphatic rings. The summed E-state index contributed by atoms with van der Waals surface area (Å²) in [4.78, 5) is 30.5. The number of fused-ring (bicyclic) bond motifs is 1. The molecule has 0 atom stereocenters. The lowest BCUT2D eigenvalue weighted by Gasteiger charge is -2.31. The van der Waals surface area contributed by atoms with Crippen LogP contribution in [0.1, 0.15) is 34.5 Å². The first-order chi connectivity index (χ1) is 11.0. The lowest BCUT2D eigenvalue weighted by atomic mass is 9.95. The molecule has 0 unspecified atom stereocenters. The summed E-state index contributed by atoms with van der Waals surface area (Å²) in [7, 11) is 0. The Hall–Kier alpha value is -2.43. The van der Waals surface area contributed by atoms with Crippen LogP contribution >= 0.6 is 0 Å². The van der Waals surface area contributed by atoms with Crippen LogP contribution in [0, 0.1) is 19.8 Å². The summed E-state index contributed by atoms with van der Waals surface area (Å²) in [6, 6.07) is 7.81. The maximum Gasteiger partial charge on any atom is 0.254 e. The number of likely N-dealkylation sites (tertiary alicyclic amines) is 1. The van der Waals surface area contributed by atoms with Gasteiger partial charge in [-0.3, -0.25) is 14.6 Å². The molecule has 5 nitrogen and oxygen atoms in total. The molecule has 0 radical (unpaired) electrons. The van der Waals surface area contributed by atoms with Crippen molar-refractivity contribution in [3.8, 4) is 0 Å². The Kier molecular flexibility index (Phi) is 4.03.